The van der Waals surface area contributed by atoms with Crippen LogP contribution in [-0.4, -0.2) is 21.8 Å². The average molecular weight is 186 g/mol. The van der Waals surface area contributed by atoms with E-state index in [0.29, 0.717) is 0 Å². The van der Waals surface area contributed by atoms with Crippen molar-refractivity contribution in [3.8, 4) is 0 Å². The maximum atomic E-state index is 8.93. The number of hydrogen-bond acceptors (Lipinski definition) is 1. The van der Waals surface area contributed by atoms with Gasteiger partial charge >= 0.3 is 65.3 Å². The van der Waals surface area contributed by atoms with E-state index < -0.39 is 0 Å². The summed E-state index contributed by atoms with van der Waals surface area (Å²) >= 11 is 0.755. The maximum absolute atomic E-state index is 8.93. The SMILES string of the molecule is CC(C)[CH2][Al+][CH2]C(C)C.CC[O-]. The zero-order chi connectivity index (χ0) is 9.98. The Bertz CT molecular complexity index is 64.2. The third kappa shape index (κ3) is 22.4. The van der Waals surface area contributed by atoms with E-state index in [4.69, 9.17) is 5.11 Å². The van der Waals surface area contributed by atoms with Crippen LogP contribution in [0.25, 0.3) is 0 Å². The van der Waals surface area contributed by atoms with Gasteiger partial charge in [-0.25, -0.2) is 0 Å². The molecule has 0 aromatic heterocycles. The van der Waals surface area contributed by atoms with Crippen LogP contribution < -0.4 is 5.11 Å². The Kier molecular flexibility index (Phi) is 14.4. The molecule has 0 heterocycles. The molecule has 1 nitrogen and oxygen atoms in total. The molecule has 0 aliphatic rings. The molecule has 0 radical (unpaired) electrons. The fourth-order valence-electron chi connectivity index (χ4n) is 0.763. The minimum atomic E-state index is 0. The van der Waals surface area contributed by atoms with Gasteiger partial charge < -0.3 is 5.11 Å². The van der Waals surface area contributed by atoms with Crippen LogP contribution in [0, 0.1) is 11.8 Å². The van der Waals surface area contributed by atoms with Crippen molar-refractivity contribution in [2.75, 3.05) is 6.61 Å². The van der Waals surface area contributed by atoms with Crippen molar-refractivity contribution < 1.29 is 5.11 Å². The molecule has 0 aliphatic heterocycles. The van der Waals surface area contributed by atoms with Crippen LogP contribution in [0.3, 0.4) is 0 Å². The van der Waals surface area contributed by atoms with Crippen LogP contribution in [0.2, 0.25) is 10.6 Å². The van der Waals surface area contributed by atoms with E-state index >= 15 is 0 Å². The van der Waals surface area contributed by atoms with Crippen LogP contribution in [0.15, 0.2) is 0 Å². The summed E-state index contributed by atoms with van der Waals surface area (Å²) in [6, 6.07) is 0. The Labute approximate surface area is 84.3 Å². The van der Waals surface area contributed by atoms with Crippen LogP contribution in [0.4, 0.5) is 0 Å². The van der Waals surface area contributed by atoms with Gasteiger partial charge in [-0.15, -0.1) is 6.61 Å². The molecule has 0 saturated heterocycles. The fraction of sp³-hybridized carbons (Fsp3) is 1.00. The second-order valence-electron chi connectivity index (χ2n) is 3.84. The summed E-state index contributed by atoms with van der Waals surface area (Å²) in [5.74, 6) is 1.86. The predicted octanol–water partition coefficient (Wildman–Crippen LogP) is 2.21. The first-order valence-electron chi connectivity index (χ1n) is 4.94. The molecule has 0 aliphatic carbocycles. The van der Waals surface area contributed by atoms with Gasteiger partial charge in [-0.3, -0.25) is 0 Å². The van der Waals surface area contributed by atoms with Crippen molar-refractivity contribution in [2.24, 2.45) is 11.8 Å². The molecule has 0 aromatic carbocycles. The quantitative estimate of drug-likeness (QED) is 0.617. The summed E-state index contributed by atoms with van der Waals surface area (Å²) in [5.41, 5.74) is 0. The van der Waals surface area contributed by atoms with Gasteiger partial charge in [0.1, 0.15) is 0 Å². The molecule has 0 bridgehead atoms. The molecule has 2 heteroatoms. The molecule has 0 fully saturated rings. The molecule has 0 saturated carbocycles. The van der Waals surface area contributed by atoms with Crippen molar-refractivity contribution >= 4 is 15.2 Å². The van der Waals surface area contributed by atoms with E-state index in [1.165, 1.54) is 10.6 Å². The second-order valence-corrected chi connectivity index (χ2v) is 5.36. The molecule has 12 heavy (non-hydrogen) atoms. The molecule has 0 aromatic rings. The van der Waals surface area contributed by atoms with Crippen molar-refractivity contribution in [3.05, 3.63) is 0 Å². The Morgan fingerprint density at radius 2 is 1.25 bits per heavy atom. The summed E-state index contributed by atoms with van der Waals surface area (Å²) in [5, 5.41) is 11.9. The largest absolute Gasteiger partial charge is 0.855 e. The molecular formula is C10H23AlO. The van der Waals surface area contributed by atoms with Gasteiger partial charge in [-0.05, 0) is 0 Å². The van der Waals surface area contributed by atoms with E-state index in [0.717, 1.165) is 27.1 Å². The first-order chi connectivity index (χ1) is 5.54. The first-order valence-corrected chi connectivity index (χ1v) is 6.57. The van der Waals surface area contributed by atoms with E-state index in [-0.39, 0.29) is 6.61 Å². The van der Waals surface area contributed by atoms with Gasteiger partial charge in [-0.1, -0.05) is 6.92 Å². The summed E-state index contributed by atoms with van der Waals surface area (Å²) in [6.07, 6.45) is 0. The molecular weight excluding hydrogens is 163 g/mol. The van der Waals surface area contributed by atoms with Gasteiger partial charge in [-0.2, -0.15) is 0 Å². The Morgan fingerprint density at radius 1 is 1.00 bits per heavy atom. The monoisotopic (exact) mass is 186 g/mol. The molecule has 72 valence electrons. The van der Waals surface area contributed by atoms with Gasteiger partial charge in [0.25, 0.3) is 0 Å². The van der Waals surface area contributed by atoms with Crippen molar-refractivity contribution in [3.63, 3.8) is 0 Å². The topological polar surface area (TPSA) is 23.1 Å². The number of rotatable bonds is 4. The smallest absolute Gasteiger partial charge is 0.0809 e. The molecule has 0 rings (SSSR count). The standard InChI is InChI=1S/2C4H9.C2H5O.Al/c2*1-4(2)3;1-2-3;/h2*4H,1H2,2-3H3;2H2,1H3;/q;;-1;+1. The van der Waals surface area contributed by atoms with Crippen LogP contribution >= 0.6 is 0 Å². The average Bonchev–Trinajstić information content (AvgIpc) is 1.87. The first kappa shape index (κ1) is 15.0. The van der Waals surface area contributed by atoms with E-state index in [1.807, 2.05) is 0 Å². The summed E-state index contributed by atoms with van der Waals surface area (Å²) in [7, 11) is 0. The summed E-state index contributed by atoms with van der Waals surface area (Å²) in [6.45, 7) is 10.8. The zero-order valence-corrected chi connectivity index (χ0v) is 10.4. The minimum Gasteiger partial charge on any atom is -0.855 e. The van der Waals surface area contributed by atoms with Gasteiger partial charge in [0.05, 0.1) is 0 Å². The zero-order valence-electron chi connectivity index (χ0n) is 9.26. The summed E-state index contributed by atoms with van der Waals surface area (Å²) < 4.78 is 0. The normalized spacial score (nSPS) is 9.33. The minimum absolute atomic E-state index is 0. The second kappa shape index (κ2) is 11.5. The van der Waals surface area contributed by atoms with E-state index in [1.54, 1.807) is 6.92 Å². The van der Waals surface area contributed by atoms with Crippen LogP contribution in [0.1, 0.15) is 34.6 Å². The van der Waals surface area contributed by atoms with Gasteiger partial charge in [0.2, 0.25) is 0 Å². The summed E-state index contributed by atoms with van der Waals surface area (Å²) in [4.78, 5) is 0. The predicted molar refractivity (Wildman–Crippen MR) is 55.6 cm³/mol. The van der Waals surface area contributed by atoms with Crippen molar-refractivity contribution in [2.45, 2.75) is 45.2 Å². The van der Waals surface area contributed by atoms with Crippen LogP contribution in [-0.2, 0) is 0 Å². The Balaban J connectivity index is 0. The van der Waals surface area contributed by atoms with E-state index in [2.05, 4.69) is 27.7 Å². The van der Waals surface area contributed by atoms with Crippen molar-refractivity contribution in [1.82, 2.24) is 0 Å². The Morgan fingerprint density at radius 3 is 1.42 bits per heavy atom. The molecule has 0 unspecified atom stereocenters. The van der Waals surface area contributed by atoms with Gasteiger partial charge in [0.15, 0.2) is 0 Å². The van der Waals surface area contributed by atoms with Crippen LogP contribution in [0.5, 0.6) is 0 Å². The molecule has 0 amide bonds. The third-order valence-electron chi connectivity index (χ3n) is 1.28. The number of hydrogen-bond donors (Lipinski definition) is 0. The Hall–Kier alpha value is 0.492. The maximum Gasteiger partial charge on any atom is -0.0809 e. The molecule has 0 spiro atoms. The van der Waals surface area contributed by atoms with Crippen molar-refractivity contribution in [1.29, 1.82) is 0 Å². The van der Waals surface area contributed by atoms with E-state index in [9.17, 15) is 0 Å². The molecule has 0 atom stereocenters. The third-order valence-corrected chi connectivity index (χ3v) is 3.83. The fourth-order valence-corrected chi connectivity index (χ4v) is 2.29. The van der Waals surface area contributed by atoms with Gasteiger partial charge in [0, 0.05) is 0 Å². The molecule has 0 N–H and O–H groups in total.